The van der Waals surface area contributed by atoms with Gasteiger partial charge in [-0.1, -0.05) is 15.9 Å². The SMILES string of the molecule is CC1OCCC1C(=O)N1CCCCC1CCBr. The number of rotatable bonds is 3. The van der Waals surface area contributed by atoms with E-state index in [1.807, 2.05) is 6.92 Å². The van der Waals surface area contributed by atoms with Crippen LogP contribution in [0, 0.1) is 5.92 Å². The molecule has 3 unspecified atom stereocenters. The van der Waals surface area contributed by atoms with Gasteiger partial charge >= 0.3 is 0 Å². The summed E-state index contributed by atoms with van der Waals surface area (Å²) in [7, 11) is 0. The molecule has 2 rings (SSSR count). The zero-order chi connectivity index (χ0) is 12.3. The molecule has 0 aliphatic carbocycles. The zero-order valence-electron chi connectivity index (χ0n) is 10.5. The summed E-state index contributed by atoms with van der Waals surface area (Å²) in [4.78, 5) is 14.7. The molecule has 0 aromatic rings. The zero-order valence-corrected chi connectivity index (χ0v) is 12.1. The maximum absolute atomic E-state index is 12.5. The van der Waals surface area contributed by atoms with Gasteiger partial charge in [0, 0.05) is 24.5 Å². The first-order valence-corrected chi connectivity index (χ1v) is 7.84. The molecular formula is C13H22BrNO2. The molecule has 4 heteroatoms. The van der Waals surface area contributed by atoms with Gasteiger partial charge in [0.05, 0.1) is 12.0 Å². The quantitative estimate of drug-likeness (QED) is 0.750. The van der Waals surface area contributed by atoms with Crippen molar-refractivity contribution in [1.82, 2.24) is 4.90 Å². The van der Waals surface area contributed by atoms with E-state index in [1.165, 1.54) is 12.8 Å². The molecule has 3 atom stereocenters. The fourth-order valence-corrected chi connectivity index (χ4v) is 3.51. The minimum Gasteiger partial charge on any atom is -0.378 e. The Balaban J connectivity index is 2.00. The number of halogens is 1. The van der Waals surface area contributed by atoms with Crippen molar-refractivity contribution in [3.8, 4) is 0 Å². The Morgan fingerprint density at radius 3 is 2.88 bits per heavy atom. The molecule has 98 valence electrons. The Labute approximate surface area is 112 Å². The molecule has 0 aromatic heterocycles. The first-order valence-electron chi connectivity index (χ1n) is 6.72. The van der Waals surface area contributed by atoms with E-state index < -0.39 is 0 Å². The van der Waals surface area contributed by atoms with Gasteiger partial charge in [-0.15, -0.1) is 0 Å². The van der Waals surface area contributed by atoms with Crippen molar-refractivity contribution in [3.63, 3.8) is 0 Å². The minimum absolute atomic E-state index is 0.103. The van der Waals surface area contributed by atoms with Crippen LogP contribution < -0.4 is 0 Å². The molecule has 3 nitrogen and oxygen atoms in total. The molecule has 2 fully saturated rings. The van der Waals surface area contributed by atoms with E-state index in [-0.39, 0.29) is 12.0 Å². The third-order valence-electron chi connectivity index (χ3n) is 4.05. The van der Waals surface area contributed by atoms with Crippen LogP contribution in [0.25, 0.3) is 0 Å². The van der Waals surface area contributed by atoms with Crippen LogP contribution in [0.1, 0.15) is 39.0 Å². The minimum atomic E-state index is 0.103. The van der Waals surface area contributed by atoms with Gasteiger partial charge in [-0.05, 0) is 39.0 Å². The number of likely N-dealkylation sites (tertiary alicyclic amines) is 1. The summed E-state index contributed by atoms with van der Waals surface area (Å²) in [6.45, 7) is 3.72. The lowest BCUT2D eigenvalue weighted by Gasteiger charge is -2.37. The second-order valence-electron chi connectivity index (χ2n) is 5.13. The van der Waals surface area contributed by atoms with Gasteiger partial charge in [-0.2, -0.15) is 0 Å². The van der Waals surface area contributed by atoms with E-state index in [9.17, 15) is 4.79 Å². The van der Waals surface area contributed by atoms with E-state index in [0.717, 1.165) is 37.7 Å². The number of carbonyl (C=O) groups excluding carboxylic acids is 1. The molecule has 0 bridgehead atoms. The van der Waals surface area contributed by atoms with E-state index in [1.54, 1.807) is 0 Å². The third-order valence-corrected chi connectivity index (χ3v) is 4.50. The summed E-state index contributed by atoms with van der Waals surface area (Å²) in [6.07, 6.45) is 5.67. The van der Waals surface area contributed by atoms with Crippen LogP contribution >= 0.6 is 15.9 Å². The first kappa shape index (κ1) is 13.3. The van der Waals surface area contributed by atoms with Gasteiger partial charge in [-0.25, -0.2) is 0 Å². The monoisotopic (exact) mass is 303 g/mol. The van der Waals surface area contributed by atoms with Crippen molar-refractivity contribution in [2.75, 3.05) is 18.5 Å². The van der Waals surface area contributed by atoms with Crippen molar-refractivity contribution >= 4 is 21.8 Å². The van der Waals surface area contributed by atoms with Gasteiger partial charge in [0.15, 0.2) is 0 Å². The van der Waals surface area contributed by atoms with E-state index in [4.69, 9.17) is 4.74 Å². The fraction of sp³-hybridized carbons (Fsp3) is 0.923. The molecular weight excluding hydrogens is 282 g/mol. The molecule has 0 saturated carbocycles. The molecule has 1 amide bonds. The van der Waals surface area contributed by atoms with Crippen LogP contribution in [0.4, 0.5) is 0 Å². The van der Waals surface area contributed by atoms with Crippen LogP contribution in [0.3, 0.4) is 0 Å². The largest absolute Gasteiger partial charge is 0.378 e. The van der Waals surface area contributed by atoms with Crippen LogP contribution in [0.5, 0.6) is 0 Å². The Bertz CT molecular complexity index is 270. The average molecular weight is 304 g/mol. The van der Waals surface area contributed by atoms with Crippen LogP contribution in [-0.2, 0) is 9.53 Å². The number of alkyl halides is 1. The summed E-state index contributed by atoms with van der Waals surface area (Å²) in [5.74, 6) is 0.437. The summed E-state index contributed by atoms with van der Waals surface area (Å²) < 4.78 is 5.52. The van der Waals surface area contributed by atoms with Crippen LogP contribution in [-0.4, -0.2) is 41.4 Å². The summed E-state index contributed by atoms with van der Waals surface area (Å²) in [6, 6.07) is 0.448. The molecule has 2 aliphatic heterocycles. The van der Waals surface area contributed by atoms with Crippen molar-refractivity contribution in [2.24, 2.45) is 5.92 Å². The number of carbonyl (C=O) groups is 1. The number of piperidine rings is 1. The Morgan fingerprint density at radius 1 is 1.41 bits per heavy atom. The molecule has 0 radical (unpaired) electrons. The molecule has 0 N–H and O–H groups in total. The highest BCUT2D eigenvalue weighted by molar-refractivity contribution is 9.09. The molecule has 2 aliphatic rings. The highest BCUT2D eigenvalue weighted by atomic mass is 79.9. The molecule has 0 aromatic carbocycles. The first-order chi connectivity index (χ1) is 8.24. The smallest absolute Gasteiger partial charge is 0.228 e. The van der Waals surface area contributed by atoms with Gasteiger partial charge < -0.3 is 9.64 Å². The maximum Gasteiger partial charge on any atom is 0.228 e. The van der Waals surface area contributed by atoms with Crippen molar-refractivity contribution in [3.05, 3.63) is 0 Å². The number of hydrogen-bond donors (Lipinski definition) is 0. The summed E-state index contributed by atoms with van der Waals surface area (Å²) >= 11 is 3.49. The van der Waals surface area contributed by atoms with E-state index in [0.29, 0.717) is 11.9 Å². The fourth-order valence-electron chi connectivity index (χ4n) is 2.99. The van der Waals surface area contributed by atoms with Crippen molar-refractivity contribution < 1.29 is 9.53 Å². The Hall–Kier alpha value is -0.0900. The Morgan fingerprint density at radius 2 is 2.24 bits per heavy atom. The van der Waals surface area contributed by atoms with Crippen LogP contribution in [0.2, 0.25) is 0 Å². The number of hydrogen-bond acceptors (Lipinski definition) is 2. The average Bonchev–Trinajstić information content (AvgIpc) is 2.76. The van der Waals surface area contributed by atoms with Gasteiger partial charge in [-0.3, -0.25) is 4.79 Å². The lowest BCUT2D eigenvalue weighted by atomic mass is 9.95. The molecule has 0 spiro atoms. The highest BCUT2D eigenvalue weighted by Gasteiger charge is 2.36. The van der Waals surface area contributed by atoms with Crippen molar-refractivity contribution in [2.45, 2.75) is 51.2 Å². The topological polar surface area (TPSA) is 29.5 Å². The van der Waals surface area contributed by atoms with Crippen LogP contribution in [0.15, 0.2) is 0 Å². The third kappa shape index (κ3) is 3.02. The van der Waals surface area contributed by atoms with E-state index in [2.05, 4.69) is 20.8 Å². The van der Waals surface area contributed by atoms with Crippen molar-refractivity contribution in [1.29, 1.82) is 0 Å². The second-order valence-corrected chi connectivity index (χ2v) is 5.92. The highest BCUT2D eigenvalue weighted by Crippen LogP contribution is 2.28. The predicted octanol–water partition coefficient (Wildman–Crippen LogP) is 2.58. The summed E-state index contributed by atoms with van der Waals surface area (Å²) in [5, 5.41) is 0.984. The normalized spacial score (nSPS) is 34.0. The molecule has 2 saturated heterocycles. The lowest BCUT2D eigenvalue weighted by Crippen LogP contribution is -2.47. The standard InChI is InChI=1S/C13H22BrNO2/c1-10-12(6-9-17-10)13(16)15-8-3-2-4-11(15)5-7-14/h10-12H,2-9H2,1H3. The lowest BCUT2D eigenvalue weighted by molar-refractivity contribution is -0.140. The second kappa shape index (κ2) is 6.19. The van der Waals surface area contributed by atoms with Gasteiger partial charge in [0.2, 0.25) is 5.91 Å². The maximum atomic E-state index is 12.5. The Kier molecular flexibility index (Phi) is 4.86. The molecule has 2 heterocycles. The predicted molar refractivity (Wildman–Crippen MR) is 71.3 cm³/mol. The number of nitrogens with zero attached hydrogens (tertiary/aromatic N) is 1. The summed E-state index contributed by atoms with van der Waals surface area (Å²) in [5.41, 5.74) is 0. The number of amides is 1. The van der Waals surface area contributed by atoms with Gasteiger partial charge in [0.1, 0.15) is 0 Å². The molecule has 17 heavy (non-hydrogen) atoms. The van der Waals surface area contributed by atoms with Gasteiger partial charge in [0.25, 0.3) is 0 Å². The van der Waals surface area contributed by atoms with E-state index >= 15 is 0 Å². The number of ether oxygens (including phenoxy) is 1.